The van der Waals surface area contributed by atoms with Crippen LogP contribution in [0.4, 0.5) is 0 Å². The molecule has 4 heteroatoms. The molecule has 0 saturated carbocycles. The van der Waals surface area contributed by atoms with Crippen molar-refractivity contribution in [2.75, 3.05) is 20.2 Å². The molecule has 1 saturated heterocycles. The molecule has 1 heterocycles. The number of rotatable bonds is 3. The van der Waals surface area contributed by atoms with Crippen LogP contribution in [0.2, 0.25) is 0 Å². The minimum atomic E-state index is 0.0414. The van der Waals surface area contributed by atoms with Gasteiger partial charge in [-0.15, -0.1) is 0 Å². The second-order valence-electron chi connectivity index (χ2n) is 6.36. The molecule has 1 amide bonds. The zero-order valence-electron chi connectivity index (χ0n) is 14.2. The number of amides is 1. The third kappa shape index (κ3) is 3.37. The van der Waals surface area contributed by atoms with E-state index in [1.54, 1.807) is 19.2 Å². The molecule has 1 fully saturated rings. The van der Waals surface area contributed by atoms with E-state index in [1.807, 2.05) is 42.2 Å². The van der Waals surface area contributed by atoms with Crippen molar-refractivity contribution in [2.24, 2.45) is 0 Å². The third-order valence-electron chi connectivity index (χ3n) is 4.73. The minimum Gasteiger partial charge on any atom is -0.508 e. The number of aryl methyl sites for hydroxylation is 1. The molecule has 1 aliphatic rings. The Hall–Kier alpha value is -2.49. The number of nitrogens with zero attached hydrogens (tertiary/aromatic N) is 1. The average Bonchev–Trinajstić information content (AvgIpc) is 2.62. The predicted molar refractivity (Wildman–Crippen MR) is 93.7 cm³/mol. The summed E-state index contributed by atoms with van der Waals surface area (Å²) in [7, 11) is 1.60. The molecule has 0 radical (unpaired) electrons. The van der Waals surface area contributed by atoms with Crippen LogP contribution in [0.3, 0.4) is 0 Å². The van der Waals surface area contributed by atoms with Gasteiger partial charge in [0.1, 0.15) is 11.5 Å². The maximum atomic E-state index is 12.8. The second kappa shape index (κ2) is 6.95. The number of benzene rings is 2. The quantitative estimate of drug-likeness (QED) is 0.935. The van der Waals surface area contributed by atoms with E-state index in [4.69, 9.17) is 4.74 Å². The molecule has 2 aromatic rings. The summed E-state index contributed by atoms with van der Waals surface area (Å²) in [6.07, 6.45) is 1.87. The Morgan fingerprint density at radius 1 is 1.12 bits per heavy atom. The Bertz CT molecular complexity index is 716. The molecule has 1 aliphatic heterocycles. The molecule has 0 bridgehead atoms. The average molecular weight is 325 g/mol. The van der Waals surface area contributed by atoms with Gasteiger partial charge in [-0.05, 0) is 55.5 Å². The fourth-order valence-electron chi connectivity index (χ4n) is 3.32. The summed E-state index contributed by atoms with van der Waals surface area (Å²) in [5, 5.41) is 9.40. The summed E-state index contributed by atoms with van der Waals surface area (Å²) < 4.78 is 5.34. The van der Waals surface area contributed by atoms with E-state index in [9.17, 15) is 9.90 Å². The number of hydrogen-bond donors (Lipinski definition) is 1. The van der Waals surface area contributed by atoms with Crippen molar-refractivity contribution in [3.05, 3.63) is 59.2 Å². The summed E-state index contributed by atoms with van der Waals surface area (Å²) in [5.74, 6) is 1.40. The smallest absolute Gasteiger partial charge is 0.257 e. The number of hydrogen-bond acceptors (Lipinski definition) is 3. The van der Waals surface area contributed by atoms with Crippen molar-refractivity contribution < 1.29 is 14.6 Å². The number of phenols is 1. The van der Waals surface area contributed by atoms with E-state index in [0.717, 1.165) is 31.5 Å². The fourth-order valence-corrected chi connectivity index (χ4v) is 3.32. The standard InChI is InChI=1S/C20H23NO3/c1-14-3-8-19(24-2)18(13-14)20(23)21-11-9-16(10-12-21)15-4-6-17(22)7-5-15/h3-8,13,16,22H,9-12H2,1-2H3. The van der Waals surface area contributed by atoms with Gasteiger partial charge in [-0.2, -0.15) is 0 Å². The zero-order valence-corrected chi connectivity index (χ0v) is 14.2. The van der Waals surface area contributed by atoms with Crippen LogP contribution < -0.4 is 4.74 Å². The first-order valence-corrected chi connectivity index (χ1v) is 8.31. The highest BCUT2D eigenvalue weighted by Crippen LogP contribution is 2.30. The third-order valence-corrected chi connectivity index (χ3v) is 4.73. The van der Waals surface area contributed by atoms with Gasteiger partial charge in [0, 0.05) is 13.1 Å². The molecule has 126 valence electrons. The SMILES string of the molecule is COc1ccc(C)cc1C(=O)N1CCC(c2ccc(O)cc2)CC1. The zero-order chi connectivity index (χ0) is 17.1. The number of aromatic hydroxyl groups is 1. The van der Waals surface area contributed by atoms with Crippen molar-refractivity contribution >= 4 is 5.91 Å². The first-order valence-electron chi connectivity index (χ1n) is 8.31. The van der Waals surface area contributed by atoms with Crippen molar-refractivity contribution in [3.63, 3.8) is 0 Å². The van der Waals surface area contributed by atoms with Crippen LogP contribution in [0.15, 0.2) is 42.5 Å². The Labute approximate surface area is 142 Å². The molecule has 4 nitrogen and oxygen atoms in total. The lowest BCUT2D eigenvalue weighted by Crippen LogP contribution is -2.38. The molecule has 0 aromatic heterocycles. The molecule has 24 heavy (non-hydrogen) atoms. The molecule has 1 N–H and O–H groups in total. The maximum absolute atomic E-state index is 12.8. The minimum absolute atomic E-state index is 0.0414. The Morgan fingerprint density at radius 3 is 2.42 bits per heavy atom. The van der Waals surface area contributed by atoms with Crippen molar-refractivity contribution in [2.45, 2.75) is 25.7 Å². The summed E-state index contributed by atoms with van der Waals surface area (Å²) in [6, 6.07) is 13.1. The number of methoxy groups -OCH3 is 1. The van der Waals surface area contributed by atoms with Gasteiger partial charge in [0.15, 0.2) is 0 Å². The van der Waals surface area contributed by atoms with E-state index in [0.29, 0.717) is 17.2 Å². The van der Waals surface area contributed by atoms with Gasteiger partial charge in [0.05, 0.1) is 12.7 Å². The van der Waals surface area contributed by atoms with E-state index in [1.165, 1.54) is 5.56 Å². The highest BCUT2D eigenvalue weighted by atomic mass is 16.5. The van der Waals surface area contributed by atoms with E-state index in [2.05, 4.69) is 0 Å². The summed E-state index contributed by atoms with van der Waals surface area (Å²) in [6.45, 7) is 3.45. The number of ether oxygens (including phenoxy) is 1. The van der Waals surface area contributed by atoms with Crippen LogP contribution in [0.5, 0.6) is 11.5 Å². The number of likely N-dealkylation sites (tertiary alicyclic amines) is 1. The molecular formula is C20H23NO3. The fraction of sp³-hybridized carbons (Fsp3) is 0.350. The van der Waals surface area contributed by atoms with E-state index >= 15 is 0 Å². The van der Waals surface area contributed by atoms with Gasteiger partial charge in [-0.1, -0.05) is 23.8 Å². The summed E-state index contributed by atoms with van der Waals surface area (Å²) in [4.78, 5) is 14.7. The van der Waals surface area contributed by atoms with E-state index < -0.39 is 0 Å². The highest BCUT2D eigenvalue weighted by molar-refractivity contribution is 5.97. The molecule has 0 unspecified atom stereocenters. The predicted octanol–water partition coefficient (Wildman–Crippen LogP) is 3.73. The molecular weight excluding hydrogens is 302 g/mol. The summed E-state index contributed by atoms with van der Waals surface area (Å²) in [5.41, 5.74) is 2.92. The molecule has 2 aromatic carbocycles. The largest absolute Gasteiger partial charge is 0.508 e. The van der Waals surface area contributed by atoms with Crippen molar-refractivity contribution in [3.8, 4) is 11.5 Å². The lowest BCUT2D eigenvalue weighted by atomic mass is 9.89. The van der Waals surface area contributed by atoms with Gasteiger partial charge in [0.25, 0.3) is 5.91 Å². The van der Waals surface area contributed by atoms with Gasteiger partial charge < -0.3 is 14.7 Å². The van der Waals surface area contributed by atoms with Crippen molar-refractivity contribution in [1.29, 1.82) is 0 Å². The Kier molecular flexibility index (Phi) is 4.74. The van der Waals surface area contributed by atoms with Crippen LogP contribution >= 0.6 is 0 Å². The van der Waals surface area contributed by atoms with Gasteiger partial charge >= 0.3 is 0 Å². The lowest BCUT2D eigenvalue weighted by Gasteiger charge is -2.32. The van der Waals surface area contributed by atoms with Gasteiger partial charge in [-0.25, -0.2) is 0 Å². The van der Waals surface area contributed by atoms with Gasteiger partial charge in [-0.3, -0.25) is 4.79 Å². The maximum Gasteiger partial charge on any atom is 0.257 e. The van der Waals surface area contributed by atoms with Crippen LogP contribution in [-0.4, -0.2) is 36.1 Å². The van der Waals surface area contributed by atoms with Crippen LogP contribution in [0.1, 0.15) is 40.2 Å². The monoisotopic (exact) mass is 325 g/mol. The van der Waals surface area contributed by atoms with Crippen LogP contribution in [-0.2, 0) is 0 Å². The number of carbonyl (C=O) groups is 1. The molecule has 3 rings (SSSR count). The second-order valence-corrected chi connectivity index (χ2v) is 6.36. The summed E-state index contributed by atoms with van der Waals surface area (Å²) >= 11 is 0. The lowest BCUT2D eigenvalue weighted by molar-refractivity contribution is 0.0709. The first kappa shape index (κ1) is 16.4. The molecule has 0 spiro atoms. The van der Waals surface area contributed by atoms with Crippen LogP contribution in [0, 0.1) is 6.92 Å². The van der Waals surface area contributed by atoms with Crippen LogP contribution in [0.25, 0.3) is 0 Å². The normalized spacial score (nSPS) is 15.3. The van der Waals surface area contributed by atoms with Gasteiger partial charge in [0.2, 0.25) is 0 Å². The van der Waals surface area contributed by atoms with E-state index in [-0.39, 0.29) is 11.7 Å². The van der Waals surface area contributed by atoms with Crippen molar-refractivity contribution in [1.82, 2.24) is 4.90 Å². The highest BCUT2D eigenvalue weighted by Gasteiger charge is 2.26. The Morgan fingerprint density at radius 2 is 1.79 bits per heavy atom. The topological polar surface area (TPSA) is 49.8 Å². The number of carbonyl (C=O) groups excluding carboxylic acids is 1. The number of phenolic OH excluding ortho intramolecular Hbond substituents is 1. The molecule has 0 atom stereocenters. The Balaban J connectivity index is 1.69. The number of piperidine rings is 1. The first-order chi connectivity index (χ1) is 11.6. The molecule has 0 aliphatic carbocycles.